The molecule has 0 spiro atoms. The van der Waals surface area contributed by atoms with E-state index in [4.69, 9.17) is 0 Å². The highest BCUT2D eigenvalue weighted by Gasteiger charge is 2.27. The third-order valence-corrected chi connectivity index (χ3v) is 3.74. The van der Waals surface area contributed by atoms with E-state index in [1.54, 1.807) is 12.1 Å². The Kier molecular flexibility index (Phi) is 4.66. The fraction of sp³-hybridized carbons (Fsp3) is 0.600. The highest BCUT2D eigenvalue weighted by molar-refractivity contribution is 5.37. The lowest BCUT2D eigenvalue weighted by molar-refractivity contribution is 0.273. The van der Waals surface area contributed by atoms with E-state index in [-0.39, 0.29) is 17.5 Å². The second-order valence-corrected chi connectivity index (χ2v) is 5.32. The van der Waals surface area contributed by atoms with E-state index in [0.29, 0.717) is 0 Å². The van der Waals surface area contributed by atoms with Gasteiger partial charge in [-0.2, -0.15) is 0 Å². The fourth-order valence-corrected chi connectivity index (χ4v) is 2.45. The lowest BCUT2D eigenvalue weighted by atomic mass is 10.1. The first-order chi connectivity index (χ1) is 9.10. The highest BCUT2D eigenvalue weighted by Crippen LogP contribution is 2.26. The number of hydrogen-bond donors (Lipinski definition) is 3. The van der Waals surface area contributed by atoms with Crippen LogP contribution in [0.2, 0.25) is 0 Å². The summed E-state index contributed by atoms with van der Waals surface area (Å²) >= 11 is 0. The third kappa shape index (κ3) is 4.11. The first-order valence-electron chi connectivity index (χ1n) is 7.10. The molecule has 1 unspecified atom stereocenters. The van der Waals surface area contributed by atoms with Gasteiger partial charge in [-0.1, -0.05) is 6.92 Å². The summed E-state index contributed by atoms with van der Waals surface area (Å²) in [6.45, 7) is 7.32. The van der Waals surface area contributed by atoms with Crippen LogP contribution in [-0.4, -0.2) is 40.8 Å². The Morgan fingerprint density at radius 2 is 1.89 bits per heavy atom. The van der Waals surface area contributed by atoms with Gasteiger partial charge in [-0.3, -0.25) is 4.90 Å². The molecule has 0 heterocycles. The summed E-state index contributed by atoms with van der Waals surface area (Å²) < 4.78 is 0. The first-order valence-corrected chi connectivity index (χ1v) is 7.10. The van der Waals surface area contributed by atoms with Crippen LogP contribution in [0.4, 0.5) is 0 Å². The summed E-state index contributed by atoms with van der Waals surface area (Å²) in [4.78, 5) is 2.50. The standard InChI is InChI=1S/C15H24N2O2/c1-3-17(13-4-5-13)7-6-16-11(2)12-8-14(18)10-15(19)9-12/h8-11,13,16,18-19H,3-7H2,1-2H3. The number of aromatic hydroxyl groups is 2. The normalized spacial score (nSPS) is 16.8. The van der Waals surface area contributed by atoms with E-state index in [1.165, 1.54) is 18.9 Å². The van der Waals surface area contributed by atoms with Crippen LogP contribution in [0.5, 0.6) is 11.5 Å². The van der Waals surface area contributed by atoms with Crippen molar-refractivity contribution in [2.24, 2.45) is 0 Å². The molecule has 0 radical (unpaired) electrons. The van der Waals surface area contributed by atoms with Crippen LogP contribution >= 0.6 is 0 Å². The van der Waals surface area contributed by atoms with Crippen molar-refractivity contribution in [2.75, 3.05) is 19.6 Å². The summed E-state index contributed by atoms with van der Waals surface area (Å²) in [6, 6.07) is 5.65. The number of likely N-dealkylation sites (N-methyl/N-ethyl adjacent to an activating group) is 1. The van der Waals surface area contributed by atoms with Gasteiger partial charge in [0, 0.05) is 31.2 Å². The van der Waals surface area contributed by atoms with Crippen LogP contribution in [0.1, 0.15) is 38.3 Å². The lowest BCUT2D eigenvalue weighted by Crippen LogP contribution is -2.34. The molecule has 1 atom stereocenters. The molecule has 0 aromatic heterocycles. The molecule has 1 aromatic carbocycles. The van der Waals surface area contributed by atoms with Gasteiger partial charge in [-0.05, 0) is 44.0 Å². The number of rotatable bonds is 7. The zero-order chi connectivity index (χ0) is 13.8. The topological polar surface area (TPSA) is 55.7 Å². The van der Waals surface area contributed by atoms with Crippen LogP contribution in [0.25, 0.3) is 0 Å². The van der Waals surface area contributed by atoms with E-state index >= 15 is 0 Å². The van der Waals surface area contributed by atoms with Crippen LogP contribution in [0.3, 0.4) is 0 Å². The summed E-state index contributed by atoms with van der Waals surface area (Å²) in [5.41, 5.74) is 0.909. The average molecular weight is 264 g/mol. The highest BCUT2D eigenvalue weighted by atomic mass is 16.3. The van der Waals surface area contributed by atoms with Crippen LogP contribution in [-0.2, 0) is 0 Å². The van der Waals surface area contributed by atoms with Gasteiger partial charge in [0.05, 0.1) is 0 Å². The monoisotopic (exact) mass is 264 g/mol. The number of nitrogens with zero attached hydrogens (tertiary/aromatic N) is 1. The molecule has 0 amide bonds. The summed E-state index contributed by atoms with van der Waals surface area (Å²) in [6.07, 6.45) is 2.67. The van der Waals surface area contributed by atoms with Gasteiger partial charge in [-0.25, -0.2) is 0 Å². The number of nitrogens with one attached hydrogen (secondary N) is 1. The quantitative estimate of drug-likeness (QED) is 0.707. The van der Waals surface area contributed by atoms with Gasteiger partial charge < -0.3 is 15.5 Å². The van der Waals surface area contributed by atoms with Gasteiger partial charge in [0.25, 0.3) is 0 Å². The third-order valence-electron chi connectivity index (χ3n) is 3.74. The van der Waals surface area contributed by atoms with Crippen molar-refractivity contribution in [1.82, 2.24) is 10.2 Å². The number of phenolic OH excluding ortho intramolecular Hbond substituents is 2. The van der Waals surface area contributed by atoms with Gasteiger partial charge in [0.2, 0.25) is 0 Å². The molecule has 3 N–H and O–H groups in total. The minimum absolute atomic E-state index is 0.108. The predicted molar refractivity (Wildman–Crippen MR) is 76.5 cm³/mol. The Morgan fingerprint density at radius 1 is 1.26 bits per heavy atom. The van der Waals surface area contributed by atoms with E-state index in [0.717, 1.165) is 31.2 Å². The summed E-state index contributed by atoms with van der Waals surface area (Å²) in [5.74, 6) is 0.216. The minimum Gasteiger partial charge on any atom is -0.508 e. The van der Waals surface area contributed by atoms with Crippen molar-refractivity contribution < 1.29 is 10.2 Å². The number of benzene rings is 1. The molecule has 0 bridgehead atoms. The molecule has 4 heteroatoms. The molecule has 106 valence electrons. The summed E-state index contributed by atoms with van der Waals surface area (Å²) in [5, 5.41) is 22.4. The molecular formula is C15H24N2O2. The Balaban J connectivity index is 1.81. The van der Waals surface area contributed by atoms with Crippen LogP contribution in [0, 0.1) is 0 Å². The largest absolute Gasteiger partial charge is 0.508 e. The molecular weight excluding hydrogens is 240 g/mol. The zero-order valence-electron chi connectivity index (χ0n) is 11.8. The molecule has 4 nitrogen and oxygen atoms in total. The maximum absolute atomic E-state index is 9.48. The van der Waals surface area contributed by atoms with E-state index in [9.17, 15) is 10.2 Å². The van der Waals surface area contributed by atoms with E-state index < -0.39 is 0 Å². The number of hydrogen-bond acceptors (Lipinski definition) is 4. The fourth-order valence-electron chi connectivity index (χ4n) is 2.45. The van der Waals surface area contributed by atoms with Crippen LogP contribution < -0.4 is 5.32 Å². The maximum atomic E-state index is 9.48. The van der Waals surface area contributed by atoms with Crippen molar-refractivity contribution in [1.29, 1.82) is 0 Å². The molecule has 0 saturated heterocycles. The Hall–Kier alpha value is -1.26. The molecule has 1 aromatic rings. The van der Waals surface area contributed by atoms with Gasteiger partial charge in [0.15, 0.2) is 0 Å². The molecule has 1 aliphatic rings. The average Bonchev–Trinajstić information content (AvgIpc) is 3.17. The molecule has 1 aliphatic carbocycles. The van der Waals surface area contributed by atoms with Gasteiger partial charge >= 0.3 is 0 Å². The second-order valence-electron chi connectivity index (χ2n) is 5.32. The Labute approximate surface area is 115 Å². The van der Waals surface area contributed by atoms with Gasteiger partial charge in [0.1, 0.15) is 11.5 Å². The van der Waals surface area contributed by atoms with E-state index in [2.05, 4.69) is 17.1 Å². The molecule has 2 rings (SSSR count). The molecule has 0 aliphatic heterocycles. The van der Waals surface area contributed by atoms with Crippen molar-refractivity contribution in [3.05, 3.63) is 23.8 Å². The maximum Gasteiger partial charge on any atom is 0.119 e. The van der Waals surface area contributed by atoms with Crippen LogP contribution in [0.15, 0.2) is 18.2 Å². The van der Waals surface area contributed by atoms with Gasteiger partial charge in [-0.15, -0.1) is 0 Å². The zero-order valence-corrected chi connectivity index (χ0v) is 11.8. The molecule has 19 heavy (non-hydrogen) atoms. The summed E-state index contributed by atoms with van der Waals surface area (Å²) in [7, 11) is 0. The van der Waals surface area contributed by atoms with Crippen molar-refractivity contribution >= 4 is 0 Å². The second kappa shape index (κ2) is 6.26. The predicted octanol–water partition coefficient (Wildman–Crippen LogP) is 2.23. The smallest absolute Gasteiger partial charge is 0.119 e. The van der Waals surface area contributed by atoms with Crippen molar-refractivity contribution in [2.45, 2.75) is 38.8 Å². The SMILES string of the molecule is CCN(CCNC(C)c1cc(O)cc(O)c1)C1CC1. The minimum atomic E-state index is 0.108. The Morgan fingerprint density at radius 3 is 2.42 bits per heavy atom. The van der Waals surface area contributed by atoms with Crippen molar-refractivity contribution in [3.8, 4) is 11.5 Å². The molecule has 1 saturated carbocycles. The van der Waals surface area contributed by atoms with Crippen molar-refractivity contribution in [3.63, 3.8) is 0 Å². The molecule has 1 fully saturated rings. The first kappa shape index (κ1) is 14.2. The Bertz CT molecular complexity index is 398. The van der Waals surface area contributed by atoms with E-state index in [1.807, 2.05) is 6.92 Å². The number of phenols is 2. The lowest BCUT2D eigenvalue weighted by Gasteiger charge is -2.22.